The van der Waals surface area contributed by atoms with Gasteiger partial charge in [0.25, 0.3) is 0 Å². The van der Waals surface area contributed by atoms with E-state index in [0.29, 0.717) is 26.1 Å². The van der Waals surface area contributed by atoms with Gasteiger partial charge in [-0.3, -0.25) is 4.79 Å². The van der Waals surface area contributed by atoms with E-state index >= 15 is 0 Å². The van der Waals surface area contributed by atoms with Gasteiger partial charge in [0.2, 0.25) is 5.91 Å². The number of carbonyl (C=O) groups is 1. The summed E-state index contributed by atoms with van der Waals surface area (Å²) < 4.78 is 11.4. The predicted octanol–water partition coefficient (Wildman–Crippen LogP) is 4.05. The van der Waals surface area contributed by atoms with Crippen molar-refractivity contribution in [2.24, 2.45) is 0 Å². The van der Waals surface area contributed by atoms with Crippen LogP contribution < -0.4 is 14.8 Å². The molecule has 1 unspecified atom stereocenters. The second kappa shape index (κ2) is 9.72. The Labute approximate surface area is 150 Å². The minimum absolute atomic E-state index is 0.0217. The highest BCUT2D eigenvalue weighted by atomic mass is 16.5. The molecular formula is C21H27NO3. The fourth-order valence-electron chi connectivity index (χ4n) is 2.38. The summed E-state index contributed by atoms with van der Waals surface area (Å²) in [5.41, 5.74) is 2.29. The predicted molar refractivity (Wildman–Crippen MR) is 100 cm³/mol. The lowest BCUT2D eigenvalue weighted by Gasteiger charge is -2.16. The molecular weight excluding hydrogens is 314 g/mol. The van der Waals surface area contributed by atoms with Crippen molar-refractivity contribution in [2.45, 2.75) is 39.7 Å². The van der Waals surface area contributed by atoms with E-state index in [9.17, 15) is 4.79 Å². The number of hydrogen-bond donors (Lipinski definition) is 1. The van der Waals surface area contributed by atoms with Crippen LogP contribution in [0.15, 0.2) is 48.5 Å². The van der Waals surface area contributed by atoms with Crippen molar-refractivity contribution in [3.8, 4) is 11.5 Å². The highest BCUT2D eigenvalue weighted by molar-refractivity contribution is 5.76. The summed E-state index contributed by atoms with van der Waals surface area (Å²) >= 11 is 0. The second-order valence-electron chi connectivity index (χ2n) is 6.31. The zero-order chi connectivity index (χ0) is 18.1. The number of para-hydroxylation sites is 1. The van der Waals surface area contributed by atoms with Gasteiger partial charge in [0.15, 0.2) is 0 Å². The largest absolute Gasteiger partial charge is 0.494 e. The molecule has 1 atom stereocenters. The molecule has 0 aliphatic heterocycles. The number of aryl methyl sites for hydroxylation is 2. The maximum Gasteiger partial charge on any atom is 0.220 e. The van der Waals surface area contributed by atoms with Crippen molar-refractivity contribution >= 4 is 5.91 Å². The van der Waals surface area contributed by atoms with Gasteiger partial charge in [0.05, 0.1) is 12.6 Å². The van der Waals surface area contributed by atoms with Crippen LogP contribution in [0.4, 0.5) is 0 Å². The lowest BCUT2D eigenvalue weighted by atomic mass is 10.2. The third-order valence-electron chi connectivity index (χ3n) is 3.83. The maximum atomic E-state index is 12.0. The molecule has 0 aliphatic carbocycles. The minimum atomic E-state index is -0.0369. The number of hydrogen-bond acceptors (Lipinski definition) is 3. The average molecular weight is 341 g/mol. The van der Waals surface area contributed by atoms with Crippen LogP contribution in [0.2, 0.25) is 0 Å². The smallest absolute Gasteiger partial charge is 0.220 e. The van der Waals surface area contributed by atoms with Crippen LogP contribution in [0, 0.1) is 13.8 Å². The highest BCUT2D eigenvalue weighted by Gasteiger charge is 2.09. The lowest BCUT2D eigenvalue weighted by molar-refractivity contribution is -0.122. The Hall–Kier alpha value is -2.49. The molecule has 1 amide bonds. The molecule has 25 heavy (non-hydrogen) atoms. The standard InChI is InChI=1S/C21H27NO3/c1-16-10-12-19(13-11-16)24-14-6-9-21(23)22-18(3)15-25-20-8-5-4-7-17(20)2/h4-5,7-8,10-13,18H,6,9,14-15H2,1-3H3,(H,22,23). The Kier molecular flexibility index (Phi) is 7.33. The van der Waals surface area contributed by atoms with Gasteiger partial charge in [-0.05, 0) is 51.0 Å². The Morgan fingerprint density at radius 1 is 1.04 bits per heavy atom. The molecule has 0 saturated carbocycles. The van der Waals surface area contributed by atoms with Crippen LogP contribution in [0.1, 0.15) is 30.9 Å². The van der Waals surface area contributed by atoms with E-state index < -0.39 is 0 Å². The van der Waals surface area contributed by atoms with E-state index in [0.717, 1.165) is 17.1 Å². The summed E-state index contributed by atoms with van der Waals surface area (Å²) in [7, 11) is 0. The molecule has 4 heteroatoms. The molecule has 0 fully saturated rings. The van der Waals surface area contributed by atoms with Crippen LogP contribution in [-0.4, -0.2) is 25.2 Å². The van der Waals surface area contributed by atoms with E-state index in [1.54, 1.807) is 0 Å². The molecule has 0 aliphatic rings. The summed E-state index contributed by atoms with van der Waals surface area (Å²) in [4.78, 5) is 12.0. The second-order valence-corrected chi connectivity index (χ2v) is 6.31. The first-order valence-corrected chi connectivity index (χ1v) is 8.72. The van der Waals surface area contributed by atoms with Crippen molar-refractivity contribution in [1.82, 2.24) is 5.32 Å². The third-order valence-corrected chi connectivity index (χ3v) is 3.83. The first kappa shape index (κ1) is 18.8. The van der Waals surface area contributed by atoms with Crippen molar-refractivity contribution in [2.75, 3.05) is 13.2 Å². The SMILES string of the molecule is Cc1ccc(OCCCC(=O)NC(C)COc2ccccc2C)cc1. The van der Waals surface area contributed by atoms with E-state index in [2.05, 4.69) is 5.32 Å². The highest BCUT2D eigenvalue weighted by Crippen LogP contribution is 2.16. The number of amides is 1. The molecule has 2 aromatic rings. The summed E-state index contributed by atoms with van der Waals surface area (Å²) in [6, 6.07) is 15.7. The lowest BCUT2D eigenvalue weighted by Crippen LogP contribution is -2.36. The molecule has 2 aromatic carbocycles. The molecule has 2 rings (SSSR count). The first-order valence-electron chi connectivity index (χ1n) is 8.72. The molecule has 0 bridgehead atoms. The molecule has 0 aromatic heterocycles. The quantitative estimate of drug-likeness (QED) is 0.700. The normalized spacial score (nSPS) is 11.6. The van der Waals surface area contributed by atoms with Crippen molar-refractivity contribution in [3.63, 3.8) is 0 Å². The van der Waals surface area contributed by atoms with Crippen molar-refractivity contribution in [1.29, 1.82) is 0 Å². The van der Waals surface area contributed by atoms with Gasteiger partial charge >= 0.3 is 0 Å². The fourth-order valence-corrected chi connectivity index (χ4v) is 2.38. The van der Waals surface area contributed by atoms with Gasteiger partial charge in [-0.15, -0.1) is 0 Å². The first-order chi connectivity index (χ1) is 12.0. The van der Waals surface area contributed by atoms with Gasteiger partial charge in [-0.1, -0.05) is 35.9 Å². The number of benzene rings is 2. The average Bonchev–Trinajstić information content (AvgIpc) is 2.59. The van der Waals surface area contributed by atoms with Crippen molar-refractivity contribution in [3.05, 3.63) is 59.7 Å². The van der Waals surface area contributed by atoms with Crippen LogP contribution in [-0.2, 0) is 4.79 Å². The van der Waals surface area contributed by atoms with Gasteiger partial charge in [0.1, 0.15) is 18.1 Å². The topological polar surface area (TPSA) is 47.6 Å². The Bertz CT molecular complexity index is 667. The van der Waals surface area contributed by atoms with E-state index in [4.69, 9.17) is 9.47 Å². The summed E-state index contributed by atoms with van der Waals surface area (Å²) in [5, 5.41) is 2.96. The molecule has 0 radical (unpaired) electrons. The van der Waals surface area contributed by atoms with E-state index in [1.165, 1.54) is 5.56 Å². The van der Waals surface area contributed by atoms with E-state index in [-0.39, 0.29) is 11.9 Å². The molecule has 1 N–H and O–H groups in total. The molecule has 4 nitrogen and oxygen atoms in total. The number of rotatable bonds is 9. The van der Waals surface area contributed by atoms with Gasteiger partial charge in [0, 0.05) is 6.42 Å². The van der Waals surface area contributed by atoms with Gasteiger partial charge in [-0.2, -0.15) is 0 Å². The van der Waals surface area contributed by atoms with Crippen LogP contribution >= 0.6 is 0 Å². The molecule has 0 spiro atoms. The van der Waals surface area contributed by atoms with Crippen LogP contribution in [0.5, 0.6) is 11.5 Å². The molecule has 0 saturated heterocycles. The van der Waals surface area contributed by atoms with Crippen molar-refractivity contribution < 1.29 is 14.3 Å². The number of nitrogens with one attached hydrogen (secondary N) is 1. The monoisotopic (exact) mass is 341 g/mol. The Morgan fingerprint density at radius 3 is 2.48 bits per heavy atom. The zero-order valence-corrected chi connectivity index (χ0v) is 15.2. The fraction of sp³-hybridized carbons (Fsp3) is 0.381. The van der Waals surface area contributed by atoms with Crippen LogP contribution in [0.3, 0.4) is 0 Å². The van der Waals surface area contributed by atoms with Gasteiger partial charge in [-0.25, -0.2) is 0 Å². The summed E-state index contributed by atoms with van der Waals surface area (Å²) in [6.45, 7) is 6.98. The molecule has 134 valence electrons. The number of ether oxygens (including phenoxy) is 2. The maximum absolute atomic E-state index is 12.0. The summed E-state index contributed by atoms with van der Waals surface area (Å²) in [6.07, 6.45) is 1.13. The molecule has 0 heterocycles. The Balaban J connectivity index is 1.61. The van der Waals surface area contributed by atoms with Gasteiger partial charge < -0.3 is 14.8 Å². The van der Waals surface area contributed by atoms with E-state index in [1.807, 2.05) is 69.3 Å². The Morgan fingerprint density at radius 2 is 1.76 bits per heavy atom. The van der Waals surface area contributed by atoms with Crippen LogP contribution in [0.25, 0.3) is 0 Å². The zero-order valence-electron chi connectivity index (χ0n) is 15.2. The third kappa shape index (κ3) is 6.87. The summed E-state index contributed by atoms with van der Waals surface area (Å²) in [5.74, 6) is 1.72. The minimum Gasteiger partial charge on any atom is -0.494 e. The number of carbonyl (C=O) groups excluding carboxylic acids is 1.